The number of unbranched alkanes of at least 4 members (excludes halogenated alkanes) is 4. The quantitative estimate of drug-likeness (QED) is 0.538. The molecule has 0 saturated carbocycles. The van der Waals surface area contributed by atoms with Gasteiger partial charge in [0.25, 0.3) is 10.1 Å². The standard InChI is InChI=1S/C13H20O3S.CH3F/c1-2-3-4-5-9-12-16-17(14,15)13-10-7-6-8-11-13;1-2/h6-8,10-11H,2-5,9,12H2,1H3;1H3. The van der Waals surface area contributed by atoms with E-state index in [2.05, 4.69) is 6.92 Å². The van der Waals surface area contributed by atoms with Crippen LogP contribution in [0.5, 0.6) is 0 Å². The lowest BCUT2D eigenvalue weighted by molar-refractivity contribution is 0.306. The molecule has 0 aliphatic rings. The molecule has 0 aromatic heterocycles. The molecule has 0 bridgehead atoms. The van der Waals surface area contributed by atoms with Crippen LogP contribution in [0.15, 0.2) is 35.2 Å². The third kappa shape index (κ3) is 7.95. The molecule has 110 valence electrons. The molecular formula is C14H23FO3S. The average molecular weight is 290 g/mol. The van der Waals surface area contributed by atoms with E-state index in [1.54, 1.807) is 30.3 Å². The Morgan fingerprint density at radius 2 is 1.58 bits per heavy atom. The maximum atomic E-state index is 11.7. The van der Waals surface area contributed by atoms with Crippen molar-refractivity contribution in [1.29, 1.82) is 0 Å². The van der Waals surface area contributed by atoms with E-state index in [9.17, 15) is 12.8 Å². The molecule has 0 heterocycles. The minimum absolute atomic E-state index is 0.230. The number of hydrogen-bond acceptors (Lipinski definition) is 3. The molecule has 0 fully saturated rings. The van der Waals surface area contributed by atoms with E-state index in [4.69, 9.17) is 4.18 Å². The fourth-order valence-electron chi connectivity index (χ4n) is 1.53. The van der Waals surface area contributed by atoms with Gasteiger partial charge in [-0.15, -0.1) is 0 Å². The van der Waals surface area contributed by atoms with E-state index in [1.807, 2.05) is 0 Å². The van der Waals surface area contributed by atoms with Gasteiger partial charge in [0.15, 0.2) is 0 Å². The van der Waals surface area contributed by atoms with Crippen LogP contribution in [0.25, 0.3) is 0 Å². The summed E-state index contributed by atoms with van der Waals surface area (Å²) in [7, 11) is -3.05. The van der Waals surface area contributed by atoms with Gasteiger partial charge < -0.3 is 0 Å². The van der Waals surface area contributed by atoms with Crippen LogP contribution in [0.2, 0.25) is 0 Å². The summed E-state index contributed by atoms with van der Waals surface area (Å²) in [5, 5.41) is 0. The average Bonchev–Trinajstić information content (AvgIpc) is 2.46. The molecule has 0 unspecified atom stereocenters. The highest BCUT2D eigenvalue weighted by atomic mass is 32.2. The van der Waals surface area contributed by atoms with Crippen LogP contribution in [0, 0.1) is 0 Å². The zero-order valence-corrected chi connectivity index (χ0v) is 12.5. The highest BCUT2D eigenvalue weighted by Gasteiger charge is 2.13. The third-order valence-corrected chi connectivity index (χ3v) is 3.84. The number of rotatable bonds is 8. The summed E-state index contributed by atoms with van der Waals surface area (Å²) < 4.78 is 37.9. The van der Waals surface area contributed by atoms with Gasteiger partial charge >= 0.3 is 0 Å². The van der Waals surface area contributed by atoms with E-state index in [1.165, 1.54) is 12.8 Å². The lowest BCUT2D eigenvalue weighted by Gasteiger charge is -2.05. The van der Waals surface area contributed by atoms with Crippen molar-refractivity contribution in [2.75, 3.05) is 13.8 Å². The molecule has 0 aliphatic carbocycles. The minimum atomic E-state index is -3.55. The summed E-state index contributed by atoms with van der Waals surface area (Å²) >= 11 is 0. The second-order valence-corrected chi connectivity index (χ2v) is 5.62. The Balaban J connectivity index is 0.00000154. The van der Waals surface area contributed by atoms with Gasteiger partial charge in [0.1, 0.15) is 0 Å². The van der Waals surface area contributed by atoms with E-state index in [0.717, 1.165) is 19.3 Å². The van der Waals surface area contributed by atoms with Crippen molar-refractivity contribution in [3.8, 4) is 0 Å². The maximum Gasteiger partial charge on any atom is 0.296 e. The SMILES string of the molecule is CCCCCCCOS(=O)(=O)c1ccccc1.CF. The Hall–Kier alpha value is -0.940. The first-order chi connectivity index (χ1) is 9.17. The lowest BCUT2D eigenvalue weighted by Crippen LogP contribution is -2.07. The molecule has 1 rings (SSSR count). The molecule has 3 nitrogen and oxygen atoms in total. The molecule has 0 amide bonds. The number of hydrogen-bond donors (Lipinski definition) is 0. The van der Waals surface area contributed by atoms with E-state index in [-0.39, 0.29) is 11.5 Å². The first-order valence-electron chi connectivity index (χ1n) is 6.49. The molecule has 0 spiro atoms. The van der Waals surface area contributed by atoms with Crippen molar-refractivity contribution >= 4 is 10.1 Å². The molecule has 0 atom stereocenters. The van der Waals surface area contributed by atoms with Crippen LogP contribution in [-0.4, -0.2) is 22.2 Å². The van der Waals surface area contributed by atoms with Crippen molar-refractivity contribution in [3.63, 3.8) is 0 Å². The second kappa shape index (κ2) is 10.9. The Labute approximate surface area is 115 Å². The highest BCUT2D eigenvalue weighted by molar-refractivity contribution is 7.86. The predicted molar refractivity (Wildman–Crippen MR) is 75.4 cm³/mol. The van der Waals surface area contributed by atoms with Crippen LogP contribution in [0.3, 0.4) is 0 Å². The van der Waals surface area contributed by atoms with E-state index < -0.39 is 10.1 Å². The predicted octanol–water partition coefficient (Wildman–Crippen LogP) is 3.95. The van der Waals surface area contributed by atoms with Crippen molar-refractivity contribution in [2.45, 2.75) is 43.9 Å². The van der Waals surface area contributed by atoms with Crippen LogP contribution < -0.4 is 0 Å². The fourth-order valence-corrected chi connectivity index (χ4v) is 2.49. The monoisotopic (exact) mass is 290 g/mol. The van der Waals surface area contributed by atoms with Crippen LogP contribution in [-0.2, 0) is 14.3 Å². The molecule has 0 saturated heterocycles. The van der Waals surface area contributed by atoms with Gasteiger partial charge in [0.05, 0.1) is 18.7 Å². The van der Waals surface area contributed by atoms with Gasteiger partial charge in [-0.25, -0.2) is 0 Å². The highest BCUT2D eigenvalue weighted by Crippen LogP contribution is 2.12. The smallest absolute Gasteiger partial charge is 0.266 e. The molecule has 1 aromatic rings. The van der Waals surface area contributed by atoms with Gasteiger partial charge in [0, 0.05) is 0 Å². The van der Waals surface area contributed by atoms with Gasteiger partial charge in [-0.05, 0) is 18.6 Å². The molecule has 0 aliphatic heterocycles. The number of halogens is 1. The Kier molecular flexibility index (Phi) is 10.4. The fraction of sp³-hybridized carbons (Fsp3) is 0.571. The van der Waals surface area contributed by atoms with E-state index in [0.29, 0.717) is 7.18 Å². The van der Waals surface area contributed by atoms with E-state index >= 15 is 0 Å². The summed E-state index contributed by atoms with van der Waals surface area (Å²) in [5.41, 5.74) is 0. The Morgan fingerprint density at radius 3 is 2.16 bits per heavy atom. The molecule has 0 radical (unpaired) electrons. The van der Waals surface area contributed by atoms with Crippen molar-refractivity contribution in [3.05, 3.63) is 30.3 Å². The minimum Gasteiger partial charge on any atom is -0.266 e. The lowest BCUT2D eigenvalue weighted by atomic mass is 10.2. The normalized spacial score (nSPS) is 10.7. The summed E-state index contributed by atoms with van der Waals surface area (Å²) in [6, 6.07) is 8.26. The van der Waals surface area contributed by atoms with Crippen LogP contribution in [0.4, 0.5) is 4.39 Å². The zero-order chi connectivity index (χ0) is 14.6. The second-order valence-electron chi connectivity index (χ2n) is 4.00. The maximum absolute atomic E-state index is 11.7. The third-order valence-electron chi connectivity index (χ3n) is 2.52. The van der Waals surface area contributed by atoms with Crippen molar-refractivity contribution in [1.82, 2.24) is 0 Å². The summed E-state index contributed by atoms with van der Waals surface area (Å²) in [6.45, 7) is 2.43. The van der Waals surface area contributed by atoms with Gasteiger partial charge in [-0.3, -0.25) is 8.57 Å². The van der Waals surface area contributed by atoms with Crippen LogP contribution in [0.1, 0.15) is 39.0 Å². The number of alkyl halides is 1. The number of benzene rings is 1. The summed E-state index contributed by atoms with van der Waals surface area (Å²) in [5.74, 6) is 0. The zero-order valence-electron chi connectivity index (χ0n) is 11.6. The molecule has 1 aromatic carbocycles. The molecular weight excluding hydrogens is 267 g/mol. The van der Waals surface area contributed by atoms with Gasteiger partial charge in [-0.2, -0.15) is 8.42 Å². The summed E-state index contributed by atoms with van der Waals surface area (Å²) in [6.07, 6.45) is 5.35. The first kappa shape index (κ1) is 18.1. The topological polar surface area (TPSA) is 43.4 Å². The van der Waals surface area contributed by atoms with Gasteiger partial charge in [-0.1, -0.05) is 50.8 Å². The van der Waals surface area contributed by atoms with Crippen molar-refractivity contribution < 1.29 is 17.0 Å². The van der Waals surface area contributed by atoms with Crippen molar-refractivity contribution in [2.24, 2.45) is 0 Å². The molecule has 19 heavy (non-hydrogen) atoms. The largest absolute Gasteiger partial charge is 0.296 e. The molecule has 5 heteroatoms. The Bertz CT molecular complexity index is 404. The van der Waals surface area contributed by atoms with Crippen LogP contribution >= 0.6 is 0 Å². The Morgan fingerprint density at radius 1 is 1.00 bits per heavy atom. The van der Waals surface area contributed by atoms with Gasteiger partial charge in [0.2, 0.25) is 0 Å². The summed E-state index contributed by atoms with van der Waals surface area (Å²) in [4.78, 5) is 0.230. The first-order valence-corrected chi connectivity index (χ1v) is 7.90. The molecule has 0 N–H and O–H groups in total.